The molecule has 1 amide bonds. The van der Waals surface area contributed by atoms with Crippen LogP contribution in [0.2, 0.25) is 0 Å². The molecule has 0 aliphatic heterocycles. The van der Waals surface area contributed by atoms with Gasteiger partial charge >= 0.3 is 5.97 Å². The number of likely N-dealkylation sites (N-methyl/N-ethyl adjacent to an activating group) is 1. The molecule has 0 fully saturated rings. The minimum atomic E-state index is -0.596. The maximum atomic E-state index is 11.7. The molecule has 124 valence electrons. The lowest BCUT2D eigenvalue weighted by Crippen LogP contribution is -2.48. The van der Waals surface area contributed by atoms with Crippen LogP contribution >= 0.6 is 0 Å². The smallest absolute Gasteiger partial charge is 0.329 e. The highest BCUT2D eigenvalue weighted by Gasteiger charge is 2.22. The number of nitrogens with zero attached hydrogens (tertiary/aromatic N) is 2. The minimum Gasteiger partial charge on any atom is -0.467 e. The Morgan fingerprint density at radius 3 is 2.00 bits per heavy atom. The predicted molar refractivity (Wildman–Crippen MR) is 84.1 cm³/mol. The summed E-state index contributed by atoms with van der Waals surface area (Å²) in [7, 11) is 1.34. The van der Waals surface area contributed by atoms with Gasteiger partial charge in [0.2, 0.25) is 5.91 Å². The van der Waals surface area contributed by atoms with Crippen molar-refractivity contribution in [1.29, 1.82) is 0 Å². The fraction of sp³-hybridized carbons (Fsp3) is 0.867. The number of amides is 1. The molecule has 0 rings (SSSR count). The van der Waals surface area contributed by atoms with Crippen LogP contribution < -0.4 is 5.32 Å². The predicted octanol–water partition coefficient (Wildman–Crippen LogP) is 0.718. The minimum absolute atomic E-state index is 0.218. The second-order valence-corrected chi connectivity index (χ2v) is 5.05. The topological polar surface area (TPSA) is 61.9 Å². The van der Waals surface area contributed by atoms with E-state index >= 15 is 0 Å². The largest absolute Gasteiger partial charge is 0.467 e. The summed E-state index contributed by atoms with van der Waals surface area (Å²) >= 11 is 0. The third-order valence-corrected chi connectivity index (χ3v) is 3.59. The van der Waals surface area contributed by atoms with Crippen molar-refractivity contribution in [2.24, 2.45) is 0 Å². The first-order valence-corrected chi connectivity index (χ1v) is 7.77. The van der Waals surface area contributed by atoms with Crippen molar-refractivity contribution in [1.82, 2.24) is 15.1 Å². The van der Waals surface area contributed by atoms with Gasteiger partial charge in [0.05, 0.1) is 7.11 Å². The van der Waals surface area contributed by atoms with Gasteiger partial charge in [0.25, 0.3) is 0 Å². The first-order valence-electron chi connectivity index (χ1n) is 7.77. The summed E-state index contributed by atoms with van der Waals surface area (Å²) in [5, 5.41) is 2.65. The van der Waals surface area contributed by atoms with E-state index in [2.05, 4.69) is 35.9 Å². The summed E-state index contributed by atoms with van der Waals surface area (Å²) in [5.74, 6) is -0.614. The molecule has 0 radical (unpaired) electrons. The molecule has 0 aliphatic carbocycles. The molecule has 0 spiro atoms. The number of carbonyl (C=O) groups is 2. The first kappa shape index (κ1) is 19.9. The highest BCUT2D eigenvalue weighted by atomic mass is 16.5. The third-order valence-electron chi connectivity index (χ3n) is 3.59. The Labute approximate surface area is 128 Å². The van der Waals surface area contributed by atoms with E-state index in [0.717, 1.165) is 39.1 Å². The SMILES string of the molecule is CCN(CC)CCCN(CC)CC(NC(C)=O)C(=O)OC. The zero-order chi connectivity index (χ0) is 16.3. The normalized spacial score (nSPS) is 12.5. The first-order chi connectivity index (χ1) is 9.98. The fourth-order valence-corrected chi connectivity index (χ4v) is 2.26. The van der Waals surface area contributed by atoms with E-state index in [0.29, 0.717) is 6.54 Å². The van der Waals surface area contributed by atoms with Gasteiger partial charge in [0.1, 0.15) is 6.04 Å². The quantitative estimate of drug-likeness (QED) is 0.570. The number of ether oxygens (including phenoxy) is 1. The summed E-state index contributed by atoms with van der Waals surface area (Å²) in [4.78, 5) is 27.4. The van der Waals surface area contributed by atoms with Gasteiger partial charge in [-0.3, -0.25) is 4.79 Å². The zero-order valence-corrected chi connectivity index (χ0v) is 14.1. The average Bonchev–Trinajstić information content (AvgIpc) is 2.48. The van der Waals surface area contributed by atoms with E-state index in [1.807, 2.05) is 0 Å². The molecule has 21 heavy (non-hydrogen) atoms. The van der Waals surface area contributed by atoms with Gasteiger partial charge in [-0.15, -0.1) is 0 Å². The van der Waals surface area contributed by atoms with E-state index in [9.17, 15) is 9.59 Å². The van der Waals surface area contributed by atoms with Crippen LogP contribution in [0.3, 0.4) is 0 Å². The highest BCUT2D eigenvalue weighted by molar-refractivity contribution is 5.83. The second kappa shape index (κ2) is 11.5. The Morgan fingerprint density at radius 1 is 1.05 bits per heavy atom. The molecule has 6 nitrogen and oxygen atoms in total. The third kappa shape index (κ3) is 8.67. The van der Waals surface area contributed by atoms with Crippen molar-refractivity contribution in [3.05, 3.63) is 0 Å². The maximum Gasteiger partial charge on any atom is 0.329 e. The van der Waals surface area contributed by atoms with Crippen LogP contribution in [0.1, 0.15) is 34.1 Å². The van der Waals surface area contributed by atoms with E-state index < -0.39 is 12.0 Å². The number of rotatable bonds is 11. The summed E-state index contributed by atoms with van der Waals surface area (Å²) in [6, 6.07) is -0.596. The van der Waals surface area contributed by atoms with Crippen LogP contribution in [0, 0.1) is 0 Å². The number of hydrogen-bond acceptors (Lipinski definition) is 5. The molecule has 1 atom stereocenters. The molecule has 0 saturated carbocycles. The number of methoxy groups -OCH3 is 1. The van der Waals surface area contributed by atoms with Crippen molar-refractivity contribution in [2.75, 3.05) is 46.4 Å². The summed E-state index contributed by atoms with van der Waals surface area (Å²) in [6.07, 6.45) is 1.05. The lowest BCUT2D eigenvalue weighted by atomic mass is 10.2. The van der Waals surface area contributed by atoms with E-state index in [1.165, 1.54) is 14.0 Å². The molecule has 1 N–H and O–H groups in total. The number of esters is 1. The number of nitrogens with one attached hydrogen (secondary N) is 1. The lowest BCUT2D eigenvalue weighted by Gasteiger charge is -2.26. The van der Waals surface area contributed by atoms with Gasteiger partial charge in [-0.2, -0.15) is 0 Å². The van der Waals surface area contributed by atoms with Crippen LogP contribution in [0.15, 0.2) is 0 Å². The Hall–Kier alpha value is -1.14. The van der Waals surface area contributed by atoms with Crippen LogP contribution in [0.25, 0.3) is 0 Å². The van der Waals surface area contributed by atoms with Gasteiger partial charge < -0.3 is 19.9 Å². The van der Waals surface area contributed by atoms with Crippen molar-refractivity contribution in [3.8, 4) is 0 Å². The van der Waals surface area contributed by atoms with Gasteiger partial charge in [-0.25, -0.2) is 4.79 Å². The van der Waals surface area contributed by atoms with E-state index in [-0.39, 0.29) is 5.91 Å². The average molecular weight is 301 g/mol. The molecular weight excluding hydrogens is 270 g/mol. The zero-order valence-electron chi connectivity index (χ0n) is 14.1. The molecule has 0 aliphatic rings. The van der Waals surface area contributed by atoms with Gasteiger partial charge in [0.15, 0.2) is 0 Å². The number of carbonyl (C=O) groups excluding carboxylic acids is 2. The molecule has 0 bridgehead atoms. The fourth-order valence-electron chi connectivity index (χ4n) is 2.26. The van der Waals surface area contributed by atoms with Gasteiger partial charge in [-0.1, -0.05) is 20.8 Å². The monoisotopic (exact) mass is 301 g/mol. The van der Waals surface area contributed by atoms with Crippen LogP contribution in [-0.4, -0.2) is 74.1 Å². The van der Waals surface area contributed by atoms with E-state index in [1.54, 1.807) is 0 Å². The summed E-state index contributed by atoms with van der Waals surface area (Å²) < 4.78 is 4.75. The van der Waals surface area contributed by atoms with Gasteiger partial charge in [0, 0.05) is 13.5 Å². The van der Waals surface area contributed by atoms with Crippen LogP contribution in [0.5, 0.6) is 0 Å². The molecule has 0 aromatic heterocycles. The molecule has 0 aromatic carbocycles. The molecule has 6 heteroatoms. The summed E-state index contributed by atoms with van der Waals surface area (Å²) in [5.41, 5.74) is 0. The Bertz CT molecular complexity index is 307. The number of hydrogen-bond donors (Lipinski definition) is 1. The van der Waals surface area contributed by atoms with Crippen molar-refractivity contribution in [3.63, 3.8) is 0 Å². The van der Waals surface area contributed by atoms with Crippen LogP contribution in [0.4, 0.5) is 0 Å². The van der Waals surface area contributed by atoms with Crippen molar-refractivity contribution < 1.29 is 14.3 Å². The van der Waals surface area contributed by atoms with Crippen LogP contribution in [-0.2, 0) is 14.3 Å². The second-order valence-electron chi connectivity index (χ2n) is 5.05. The Kier molecular flexibility index (Phi) is 10.9. The molecule has 0 aromatic rings. The molecule has 0 saturated heterocycles. The van der Waals surface area contributed by atoms with E-state index in [4.69, 9.17) is 4.74 Å². The Balaban J connectivity index is 4.35. The molecule has 0 heterocycles. The maximum absolute atomic E-state index is 11.7. The standard InChI is InChI=1S/C15H31N3O3/c1-6-17(7-2)10-9-11-18(8-3)12-14(15(20)21-5)16-13(4)19/h14H,6-12H2,1-5H3,(H,16,19). The Morgan fingerprint density at radius 2 is 1.57 bits per heavy atom. The molecule has 1 unspecified atom stereocenters. The summed E-state index contributed by atoms with van der Waals surface area (Å²) in [6.45, 7) is 13.2. The van der Waals surface area contributed by atoms with Crippen molar-refractivity contribution in [2.45, 2.75) is 40.2 Å². The molecular formula is C15H31N3O3. The highest BCUT2D eigenvalue weighted by Crippen LogP contribution is 1.99. The lowest BCUT2D eigenvalue weighted by molar-refractivity contribution is -0.145. The van der Waals surface area contributed by atoms with Gasteiger partial charge in [-0.05, 0) is 39.1 Å². The van der Waals surface area contributed by atoms with Crippen molar-refractivity contribution >= 4 is 11.9 Å².